The Hall–Kier alpha value is -1.28. The summed E-state index contributed by atoms with van der Waals surface area (Å²) in [5.41, 5.74) is -5.89. The van der Waals surface area contributed by atoms with Gasteiger partial charge in [-0.3, -0.25) is 0 Å². The molecular weight excluding hydrogens is 283 g/mol. The molecule has 0 spiro atoms. The number of halogens is 4. The van der Waals surface area contributed by atoms with Gasteiger partial charge in [0.2, 0.25) is 0 Å². The molecule has 0 fully saturated rings. The standard InChI is InChI=1S/C8H5ClF3NO3S/c9-6-3-1-5(2-4-6)7(14)13-17(15,16)8(10,11)12/h1-4H,(H,13,14)/p-1. The number of benzene rings is 1. The lowest BCUT2D eigenvalue weighted by molar-refractivity contribution is -0.212. The van der Waals surface area contributed by atoms with Crippen molar-refractivity contribution >= 4 is 27.5 Å². The number of alkyl halides is 3. The molecule has 0 saturated heterocycles. The van der Waals surface area contributed by atoms with E-state index in [1.54, 1.807) is 0 Å². The minimum Gasteiger partial charge on any atom is -0.858 e. The van der Waals surface area contributed by atoms with Crippen molar-refractivity contribution in [3.05, 3.63) is 34.9 Å². The van der Waals surface area contributed by atoms with Crippen LogP contribution in [0, 0.1) is 0 Å². The fourth-order valence-corrected chi connectivity index (χ4v) is 1.36. The van der Waals surface area contributed by atoms with E-state index in [1.807, 2.05) is 0 Å². The van der Waals surface area contributed by atoms with Crippen molar-refractivity contribution in [2.75, 3.05) is 0 Å². The summed E-state index contributed by atoms with van der Waals surface area (Å²) in [4.78, 5) is 0. The van der Waals surface area contributed by atoms with Gasteiger partial charge in [0, 0.05) is 10.9 Å². The maximum atomic E-state index is 11.9. The van der Waals surface area contributed by atoms with Gasteiger partial charge in [0.05, 0.1) is 0 Å². The van der Waals surface area contributed by atoms with E-state index in [4.69, 9.17) is 11.6 Å². The number of sulfonamides is 1. The van der Waals surface area contributed by atoms with E-state index in [0.717, 1.165) is 12.1 Å². The van der Waals surface area contributed by atoms with E-state index in [-0.39, 0.29) is 10.6 Å². The van der Waals surface area contributed by atoms with Crippen LogP contribution in [-0.4, -0.2) is 19.8 Å². The van der Waals surface area contributed by atoms with Crippen LogP contribution < -0.4 is 5.11 Å². The predicted molar refractivity (Wildman–Crippen MR) is 53.0 cm³/mol. The first-order valence-corrected chi connectivity index (χ1v) is 5.79. The molecule has 0 amide bonds. The van der Waals surface area contributed by atoms with Crippen molar-refractivity contribution in [3.63, 3.8) is 0 Å². The third kappa shape index (κ3) is 3.34. The van der Waals surface area contributed by atoms with Crippen molar-refractivity contribution in [2.45, 2.75) is 5.51 Å². The molecule has 0 bridgehead atoms. The van der Waals surface area contributed by atoms with Crippen LogP contribution in [0.1, 0.15) is 5.56 Å². The van der Waals surface area contributed by atoms with E-state index >= 15 is 0 Å². The minimum atomic E-state index is -5.81. The average molecular weight is 287 g/mol. The van der Waals surface area contributed by atoms with Crippen molar-refractivity contribution in [3.8, 4) is 0 Å². The molecule has 4 nitrogen and oxygen atoms in total. The van der Waals surface area contributed by atoms with Crippen LogP contribution in [0.25, 0.3) is 0 Å². The normalized spacial score (nSPS) is 13.8. The summed E-state index contributed by atoms with van der Waals surface area (Å²) in [5, 5.41) is 11.4. The second-order valence-corrected chi connectivity index (χ2v) is 4.86. The van der Waals surface area contributed by atoms with Gasteiger partial charge < -0.3 is 5.11 Å². The molecule has 1 aromatic carbocycles. The summed E-state index contributed by atoms with van der Waals surface area (Å²) in [6, 6.07) is 4.59. The van der Waals surface area contributed by atoms with Gasteiger partial charge in [-0.05, 0) is 17.7 Å². The van der Waals surface area contributed by atoms with E-state index in [9.17, 15) is 26.7 Å². The Kier molecular flexibility index (Phi) is 3.68. The predicted octanol–water partition coefficient (Wildman–Crippen LogP) is 1.30. The highest BCUT2D eigenvalue weighted by molar-refractivity contribution is 7.91. The average Bonchev–Trinajstić information content (AvgIpc) is 2.16. The molecule has 0 aromatic heterocycles. The SMILES string of the molecule is O=S(=O)(/N=C(\[O-])c1ccc(Cl)cc1)C(F)(F)F. The Labute approximate surface area is 99.4 Å². The Bertz CT molecular complexity index is 536. The maximum Gasteiger partial charge on any atom is 0.518 e. The number of hydrogen-bond donors (Lipinski definition) is 0. The molecule has 94 valence electrons. The molecule has 0 heterocycles. The zero-order chi connectivity index (χ0) is 13.3. The molecule has 0 N–H and O–H groups in total. The van der Waals surface area contributed by atoms with E-state index in [0.29, 0.717) is 0 Å². The Balaban J connectivity index is 3.14. The van der Waals surface area contributed by atoms with Crippen LogP contribution in [0.5, 0.6) is 0 Å². The molecule has 0 saturated carbocycles. The molecule has 0 unspecified atom stereocenters. The first-order valence-electron chi connectivity index (χ1n) is 3.98. The smallest absolute Gasteiger partial charge is 0.518 e. The monoisotopic (exact) mass is 286 g/mol. The fourth-order valence-electron chi connectivity index (χ4n) is 0.806. The number of rotatable bonds is 2. The second kappa shape index (κ2) is 4.53. The second-order valence-electron chi connectivity index (χ2n) is 2.82. The summed E-state index contributed by atoms with van der Waals surface area (Å²) in [7, 11) is -5.81. The summed E-state index contributed by atoms with van der Waals surface area (Å²) in [5.74, 6) is -1.50. The minimum absolute atomic E-state index is 0.250. The van der Waals surface area contributed by atoms with Gasteiger partial charge >= 0.3 is 15.5 Å². The van der Waals surface area contributed by atoms with Crippen LogP contribution >= 0.6 is 11.6 Å². The lowest BCUT2D eigenvalue weighted by Crippen LogP contribution is -2.27. The summed E-state index contributed by atoms with van der Waals surface area (Å²) in [6.45, 7) is 0. The van der Waals surface area contributed by atoms with E-state index in [1.165, 1.54) is 12.1 Å². The van der Waals surface area contributed by atoms with Gasteiger partial charge in [-0.1, -0.05) is 23.7 Å². The molecule has 9 heteroatoms. The summed E-state index contributed by atoms with van der Waals surface area (Å²) in [6.07, 6.45) is 0. The van der Waals surface area contributed by atoms with Crippen LogP contribution in [0.4, 0.5) is 13.2 Å². The third-order valence-corrected chi connectivity index (χ3v) is 2.83. The Morgan fingerprint density at radius 2 is 1.71 bits per heavy atom. The van der Waals surface area contributed by atoms with Gasteiger partial charge in [0.15, 0.2) is 0 Å². The third-order valence-electron chi connectivity index (χ3n) is 1.59. The summed E-state index contributed by atoms with van der Waals surface area (Å²) < 4.78 is 59.0. The highest BCUT2D eigenvalue weighted by Gasteiger charge is 2.45. The van der Waals surface area contributed by atoms with E-state index < -0.39 is 21.4 Å². The molecule has 17 heavy (non-hydrogen) atoms. The molecule has 0 atom stereocenters. The molecular formula is C8H4ClF3NO3S-. The van der Waals surface area contributed by atoms with E-state index in [2.05, 4.69) is 4.40 Å². The highest BCUT2D eigenvalue weighted by Crippen LogP contribution is 2.24. The van der Waals surface area contributed by atoms with Gasteiger partial charge in [0.1, 0.15) is 0 Å². The molecule has 0 radical (unpaired) electrons. The molecule has 1 aromatic rings. The van der Waals surface area contributed by atoms with Crippen molar-refractivity contribution in [2.24, 2.45) is 4.40 Å². The first kappa shape index (κ1) is 13.8. The van der Waals surface area contributed by atoms with Crippen LogP contribution in [0.2, 0.25) is 5.02 Å². The lowest BCUT2D eigenvalue weighted by Gasteiger charge is -2.11. The number of nitrogens with zero attached hydrogens (tertiary/aromatic N) is 1. The lowest BCUT2D eigenvalue weighted by atomic mass is 10.2. The van der Waals surface area contributed by atoms with Gasteiger partial charge in [-0.25, -0.2) is 0 Å². The van der Waals surface area contributed by atoms with Crippen LogP contribution in [0.15, 0.2) is 28.7 Å². The summed E-state index contributed by atoms with van der Waals surface area (Å²) >= 11 is 5.48. The largest absolute Gasteiger partial charge is 0.858 e. The quantitative estimate of drug-likeness (QED) is 0.608. The molecule has 1 rings (SSSR count). The zero-order valence-corrected chi connectivity index (χ0v) is 9.47. The van der Waals surface area contributed by atoms with Crippen LogP contribution in [-0.2, 0) is 10.0 Å². The van der Waals surface area contributed by atoms with Crippen molar-refractivity contribution in [1.29, 1.82) is 0 Å². The maximum absolute atomic E-state index is 11.9. The molecule has 0 aliphatic rings. The first-order chi connectivity index (χ1) is 7.63. The topological polar surface area (TPSA) is 69.6 Å². The Morgan fingerprint density at radius 3 is 2.12 bits per heavy atom. The van der Waals surface area contributed by atoms with Crippen molar-refractivity contribution in [1.82, 2.24) is 0 Å². The van der Waals surface area contributed by atoms with Gasteiger partial charge in [-0.2, -0.15) is 26.0 Å². The Morgan fingerprint density at radius 1 is 1.24 bits per heavy atom. The van der Waals surface area contributed by atoms with Crippen molar-refractivity contribution < 1.29 is 26.7 Å². The van der Waals surface area contributed by atoms with Gasteiger partial charge in [0.25, 0.3) is 0 Å². The number of hydrogen-bond acceptors (Lipinski definition) is 3. The highest BCUT2D eigenvalue weighted by atomic mass is 35.5. The zero-order valence-electron chi connectivity index (χ0n) is 7.90. The molecule has 0 aliphatic heterocycles. The molecule has 0 aliphatic carbocycles. The van der Waals surface area contributed by atoms with Crippen LogP contribution in [0.3, 0.4) is 0 Å². The van der Waals surface area contributed by atoms with Gasteiger partial charge in [-0.15, -0.1) is 0 Å². The fraction of sp³-hybridized carbons (Fsp3) is 0.125.